The Morgan fingerprint density at radius 1 is 0.975 bits per heavy atom. The summed E-state index contributed by atoms with van der Waals surface area (Å²) >= 11 is 0. The second-order valence-electron chi connectivity index (χ2n) is 10.4. The Bertz CT molecular complexity index is 831. The monoisotopic (exact) mass is 570 g/mol. The lowest BCUT2D eigenvalue weighted by atomic mass is 9.92. The van der Waals surface area contributed by atoms with Crippen molar-refractivity contribution in [3.8, 4) is 0 Å². The molecule has 1 rings (SSSR count). The molecule has 12 nitrogen and oxygen atoms in total. The van der Waals surface area contributed by atoms with Crippen LogP contribution in [0.5, 0.6) is 0 Å². The minimum atomic E-state index is -1.74. The zero-order valence-corrected chi connectivity index (χ0v) is 24.1. The number of nitrogens with zero attached hydrogens (tertiary/aromatic N) is 1. The molecule has 0 fully saturated rings. The van der Waals surface area contributed by atoms with Crippen molar-refractivity contribution in [1.82, 2.24) is 5.32 Å². The number of hydrogen-bond donors (Lipinski definition) is 6. The fourth-order valence-corrected chi connectivity index (χ4v) is 4.66. The molecule has 0 aromatic rings. The molecule has 0 saturated heterocycles. The van der Waals surface area contributed by atoms with Crippen molar-refractivity contribution in [2.24, 2.45) is 16.5 Å². The number of aliphatic hydroxyl groups excluding tert-OH is 2. The molecular weight excluding hydrogens is 520 g/mol. The summed E-state index contributed by atoms with van der Waals surface area (Å²) in [5.74, 6) is -3.42. The Morgan fingerprint density at radius 3 is 1.98 bits per heavy atom. The van der Waals surface area contributed by atoms with Crippen LogP contribution in [0.15, 0.2) is 16.8 Å². The number of aliphatic imine (C=N–C) groups is 1. The predicted molar refractivity (Wildman–Crippen MR) is 151 cm³/mol. The van der Waals surface area contributed by atoms with Gasteiger partial charge in [0.2, 0.25) is 11.7 Å². The van der Waals surface area contributed by atoms with Crippen LogP contribution in [0.2, 0.25) is 0 Å². The lowest BCUT2D eigenvalue weighted by Crippen LogP contribution is -2.60. The van der Waals surface area contributed by atoms with E-state index in [1.54, 1.807) is 0 Å². The molecule has 0 aliphatic carbocycles. The van der Waals surface area contributed by atoms with Gasteiger partial charge in [0, 0.05) is 13.3 Å². The van der Waals surface area contributed by atoms with Crippen LogP contribution < -0.4 is 16.8 Å². The van der Waals surface area contributed by atoms with Gasteiger partial charge in [-0.2, -0.15) is 0 Å². The smallest absolute Gasteiger partial charge is 0.370 e. The zero-order valence-electron chi connectivity index (χ0n) is 24.1. The van der Waals surface area contributed by atoms with E-state index in [0.717, 1.165) is 25.3 Å². The van der Waals surface area contributed by atoms with E-state index < -0.39 is 60.6 Å². The Kier molecular flexibility index (Phi) is 17.7. The van der Waals surface area contributed by atoms with Crippen LogP contribution >= 0.6 is 0 Å². The van der Waals surface area contributed by atoms with Crippen LogP contribution in [0.1, 0.15) is 104 Å². The highest BCUT2D eigenvalue weighted by Gasteiger charge is 2.44. The topological polar surface area (TPSA) is 207 Å². The van der Waals surface area contributed by atoms with Gasteiger partial charge in [-0.15, -0.1) is 0 Å². The quantitative estimate of drug-likeness (QED) is 0.0513. The molecule has 1 heterocycles. The molecule has 230 valence electrons. The molecule has 1 aliphatic rings. The van der Waals surface area contributed by atoms with Crippen molar-refractivity contribution >= 4 is 23.8 Å². The minimum Gasteiger partial charge on any atom is -0.478 e. The summed E-state index contributed by atoms with van der Waals surface area (Å²) in [5, 5.41) is 33.1. The van der Waals surface area contributed by atoms with Gasteiger partial charge in [-0.1, -0.05) is 84.0 Å². The first-order valence-electron chi connectivity index (χ1n) is 14.6. The van der Waals surface area contributed by atoms with Gasteiger partial charge in [0.15, 0.2) is 5.96 Å². The third-order valence-electron chi connectivity index (χ3n) is 6.82. The number of ether oxygens (including phenoxy) is 2. The molecule has 0 saturated carbocycles. The lowest BCUT2D eigenvalue weighted by Gasteiger charge is -2.38. The van der Waals surface area contributed by atoms with Crippen molar-refractivity contribution < 1.29 is 39.2 Å². The molecule has 12 heteroatoms. The fourth-order valence-electron chi connectivity index (χ4n) is 4.66. The van der Waals surface area contributed by atoms with Gasteiger partial charge in [-0.05, 0) is 12.5 Å². The second kappa shape index (κ2) is 20.1. The van der Waals surface area contributed by atoms with Gasteiger partial charge in [0.25, 0.3) is 0 Å². The van der Waals surface area contributed by atoms with E-state index in [1.807, 2.05) is 0 Å². The largest absolute Gasteiger partial charge is 0.478 e. The predicted octanol–water partition coefficient (Wildman–Crippen LogP) is 2.25. The van der Waals surface area contributed by atoms with Crippen LogP contribution in [0, 0.1) is 0 Å². The number of carbonyl (C=O) groups is 3. The van der Waals surface area contributed by atoms with E-state index in [4.69, 9.17) is 20.9 Å². The number of nitrogens with two attached hydrogens (primary N) is 2. The number of carboxylic acid groups (broad SMARTS) is 1. The molecule has 4 unspecified atom stereocenters. The summed E-state index contributed by atoms with van der Waals surface area (Å²) in [5.41, 5.74) is 10.9. The van der Waals surface area contributed by atoms with Gasteiger partial charge in [0.05, 0.1) is 12.1 Å². The average molecular weight is 571 g/mol. The van der Waals surface area contributed by atoms with E-state index in [-0.39, 0.29) is 12.4 Å². The summed E-state index contributed by atoms with van der Waals surface area (Å²) in [6.07, 6.45) is 11.9. The molecule has 40 heavy (non-hydrogen) atoms. The molecule has 1 amide bonds. The van der Waals surface area contributed by atoms with Crippen LogP contribution in [0.4, 0.5) is 0 Å². The highest BCUT2D eigenvalue weighted by atomic mass is 16.6. The number of carbonyl (C=O) groups excluding carboxylic acids is 2. The number of nitrogens with one attached hydrogen (secondary N) is 1. The van der Waals surface area contributed by atoms with Crippen LogP contribution in [-0.4, -0.2) is 76.1 Å². The number of guanidine groups is 1. The summed E-state index contributed by atoms with van der Waals surface area (Å²) < 4.78 is 10.5. The van der Waals surface area contributed by atoms with Crippen molar-refractivity contribution in [3.63, 3.8) is 0 Å². The van der Waals surface area contributed by atoms with Crippen LogP contribution in [0.3, 0.4) is 0 Å². The lowest BCUT2D eigenvalue weighted by molar-refractivity contribution is -0.156. The minimum absolute atomic E-state index is 0.188. The Labute approximate surface area is 237 Å². The summed E-state index contributed by atoms with van der Waals surface area (Å²) in [6, 6.07) is -2.19. The van der Waals surface area contributed by atoms with Gasteiger partial charge in [0.1, 0.15) is 24.9 Å². The first-order chi connectivity index (χ1) is 19.1. The molecule has 8 N–H and O–H groups in total. The Hall–Kier alpha value is -2.86. The number of rotatable bonds is 21. The first kappa shape index (κ1) is 35.2. The third kappa shape index (κ3) is 14.5. The number of hydrogen-bond acceptors (Lipinski definition) is 8. The number of unbranched alkanes of at least 4 members (excludes halogenated alkanes) is 12. The van der Waals surface area contributed by atoms with E-state index in [0.29, 0.717) is 6.42 Å². The fraction of sp³-hybridized carbons (Fsp3) is 0.786. The highest BCUT2D eigenvalue weighted by molar-refractivity contribution is 5.85. The molecule has 1 aliphatic heterocycles. The number of amides is 1. The summed E-state index contributed by atoms with van der Waals surface area (Å²) in [4.78, 5) is 39.3. The highest BCUT2D eigenvalue weighted by Crippen LogP contribution is 2.25. The number of esters is 1. The van der Waals surface area contributed by atoms with Gasteiger partial charge in [-0.3, -0.25) is 9.59 Å². The van der Waals surface area contributed by atoms with E-state index >= 15 is 0 Å². The number of carboxylic acids is 1. The van der Waals surface area contributed by atoms with Crippen LogP contribution in [0.25, 0.3) is 0 Å². The van der Waals surface area contributed by atoms with Gasteiger partial charge < -0.3 is 41.6 Å². The maximum Gasteiger partial charge on any atom is 0.370 e. The maximum atomic E-state index is 12.1. The molecule has 0 radical (unpaired) electrons. The number of aliphatic hydroxyl groups is 2. The van der Waals surface area contributed by atoms with Crippen LogP contribution in [-0.2, 0) is 23.9 Å². The van der Waals surface area contributed by atoms with E-state index in [2.05, 4.69) is 17.2 Å². The van der Waals surface area contributed by atoms with Crippen molar-refractivity contribution in [2.75, 3.05) is 6.61 Å². The van der Waals surface area contributed by atoms with Crippen molar-refractivity contribution in [3.05, 3.63) is 11.8 Å². The Balaban J connectivity index is 2.41. The van der Waals surface area contributed by atoms with E-state index in [1.165, 1.54) is 64.7 Å². The summed E-state index contributed by atoms with van der Waals surface area (Å²) in [7, 11) is 0. The molecule has 0 bridgehead atoms. The van der Waals surface area contributed by atoms with Crippen molar-refractivity contribution in [1.29, 1.82) is 0 Å². The third-order valence-corrected chi connectivity index (χ3v) is 6.82. The normalized spacial score (nSPS) is 20.0. The molecule has 0 spiro atoms. The van der Waals surface area contributed by atoms with E-state index in [9.17, 15) is 29.7 Å². The number of aliphatic carboxylic acids is 1. The Morgan fingerprint density at radius 2 is 1.50 bits per heavy atom. The average Bonchev–Trinajstić information content (AvgIpc) is 2.89. The molecule has 5 atom stereocenters. The second-order valence-corrected chi connectivity index (χ2v) is 10.4. The molecule has 0 aromatic carbocycles. The standard InChI is InChI=1S/C28H50N4O8/c1-3-4-5-6-7-8-9-10-11-12-13-14-15-16-23(35)39-18-21(34)25(36)26-24(31-19(2)33)20(32-28(29)30)17-22(40-26)27(37)38/h17,20-21,24-26,34,36H,3-16,18H2,1-2H3,(H,31,33)(H,37,38)(H4,29,30,32)/t20?,21?,24?,25?,26-/m1/s1. The SMILES string of the molecule is CCCCCCCCCCCCCCCC(=O)OCC(O)C(O)[C@@H]1OC(C(=O)O)=CC(N=C(N)N)C1NC(C)=O. The first-order valence-corrected chi connectivity index (χ1v) is 14.6. The molecular formula is C28H50N4O8. The summed E-state index contributed by atoms with van der Waals surface area (Å²) in [6.45, 7) is 2.90. The van der Waals surface area contributed by atoms with Gasteiger partial charge >= 0.3 is 11.9 Å². The van der Waals surface area contributed by atoms with Gasteiger partial charge in [-0.25, -0.2) is 9.79 Å². The maximum absolute atomic E-state index is 12.1. The zero-order chi connectivity index (χ0) is 29.9. The van der Waals surface area contributed by atoms with Crippen molar-refractivity contribution in [2.45, 2.75) is 134 Å². The molecule has 0 aromatic heterocycles.